The zero-order valence-electron chi connectivity index (χ0n) is 13.0. The molecule has 0 amide bonds. The zero-order valence-corrected chi connectivity index (χ0v) is 13.0. The van der Waals surface area contributed by atoms with E-state index in [-0.39, 0.29) is 5.41 Å². The Kier molecular flexibility index (Phi) is 4.40. The third kappa shape index (κ3) is 2.84. The highest BCUT2D eigenvalue weighted by Crippen LogP contribution is 2.34. The third-order valence-corrected chi connectivity index (χ3v) is 4.19. The lowest BCUT2D eigenvalue weighted by atomic mass is 9.79. The Morgan fingerprint density at radius 2 is 2.09 bits per heavy atom. The Labute approximate surface area is 129 Å². The van der Waals surface area contributed by atoms with E-state index in [1.165, 1.54) is 0 Å². The van der Waals surface area contributed by atoms with Gasteiger partial charge in [-0.25, -0.2) is 0 Å². The maximum atomic E-state index is 5.58. The molecule has 0 saturated carbocycles. The van der Waals surface area contributed by atoms with Crippen LogP contribution in [0.4, 0.5) is 0 Å². The molecule has 2 heterocycles. The monoisotopic (exact) mass is 303 g/mol. The van der Waals surface area contributed by atoms with Gasteiger partial charge in [0.15, 0.2) is 0 Å². The first-order valence-electron chi connectivity index (χ1n) is 7.46. The van der Waals surface area contributed by atoms with Crippen LogP contribution in [0.1, 0.15) is 18.7 Å². The van der Waals surface area contributed by atoms with Crippen molar-refractivity contribution in [2.75, 3.05) is 33.9 Å². The van der Waals surface area contributed by atoms with E-state index in [1.807, 2.05) is 24.3 Å². The van der Waals surface area contributed by atoms with Crippen LogP contribution in [0.15, 0.2) is 28.8 Å². The van der Waals surface area contributed by atoms with E-state index in [0.29, 0.717) is 18.3 Å². The van der Waals surface area contributed by atoms with Gasteiger partial charge in [0, 0.05) is 12.7 Å². The maximum Gasteiger partial charge on any atom is 0.235 e. The van der Waals surface area contributed by atoms with Gasteiger partial charge >= 0.3 is 0 Å². The Bertz CT molecular complexity index is 615. The number of nitrogens with one attached hydrogen (secondary N) is 1. The number of aromatic nitrogens is 2. The standard InChI is InChI=1S/C16H21N3O3/c1-20-11-16(6-8-17-9-7-16)15-18-14(19-22-15)12-4-3-5-13(10-12)21-2/h3-5,10,17H,6-9,11H2,1-2H3. The fourth-order valence-corrected chi connectivity index (χ4v) is 2.92. The van der Waals surface area contributed by atoms with Gasteiger partial charge in [-0.3, -0.25) is 0 Å². The summed E-state index contributed by atoms with van der Waals surface area (Å²) in [6.07, 6.45) is 1.86. The van der Waals surface area contributed by atoms with Crippen molar-refractivity contribution < 1.29 is 14.0 Å². The van der Waals surface area contributed by atoms with E-state index in [1.54, 1.807) is 14.2 Å². The Morgan fingerprint density at radius 1 is 1.27 bits per heavy atom. The number of methoxy groups -OCH3 is 2. The van der Waals surface area contributed by atoms with Crippen LogP contribution in [0.5, 0.6) is 5.75 Å². The van der Waals surface area contributed by atoms with Crippen molar-refractivity contribution in [1.82, 2.24) is 15.5 Å². The highest BCUT2D eigenvalue weighted by Gasteiger charge is 2.39. The fraction of sp³-hybridized carbons (Fsp3) is 0.500. The molecule has 1 aromatic carbocycles. The number of nitrogens with zero attached hydrogens (tertiary/aromatic N) is 2. The van der Waals surface area contributed by atoms with E-state index in [9.17, 15) is 0 Å². The van der Waals surface area contributed by atoms with Gasteiger partial charge in [-0.05, 0) is 38.1 Å². The Hall–Kier alpha value is -1.92. The number of hydrogen-bond donors (Lipinski definition) is 1. The van der Waals surface area contributed by atoms with Gasteiger partial charge in [0.25, 0.3) is 0 Å². The molecule has 1 saturated heterocycles. The highest BCUT2D eigenvalue weighted by molar-refractivity contribution is 5.56. The van der Waals surface area contributed by atoms with Gasteiger partial charge in [0.1, 0.15) is 5.75 Å². The van der Waals surface area contributed by atoms with Crippen molar-refractivity contribution in [3.8, 4) is 17.1 Å². The van der Waals surface area contributed by atoms with Crippen LogP contribution in [0.3, 0.4) is 0 Å². The molecule has 2 aromatic rings. The number of rotatable bonds is 5. The average Bonchev–Trinajstić information content (AvgIpc) is 3.07. The fourth-order valence-electron chi connectivity index (χ4n) is 2.92. The normalized spacial score (nSPS) is 17.4. The maximum absolute atomic E-state index is 5.58. The van der Waals surface area contributed by atoms with Crippen molar-refractivity contribution in [2.24, 2.45) is 0 Å². The summed E-state index contributed by atoms with van der Waals surface area (Å²) in [4.78, 5) is 4.63. The van der Waals surface area contributed by atoms with Crippen molar-refractivity contribution >= 4 is 0 Å². The minimum Gasteiger partial charge on any atom is -0.497 e. The lowest BCUT2D eigenvalue weighted by Gasteiger charge is -2.33. The quantitative estimate of drug-likeness (QED) is 0.911. The molecule has 1 fully saturated rings. The lowest BCUT2D eigenvalue weighted by molar-refractivity contribution is 0.0850. The third-order valence-electron chi connectivity index (χ3n) is 4.19. The first-order chi connectivity index (χ1) is 10.8. The molecule has 0 bridgehead atoms. The van der Waals surface area contributed by atoms with Crippen molar-refractivity contribution in [3.63, 3.8) is 0 Å². The van der Waals surface area contributed by atoms with Gasteiger partial charge in [0.05, 0.1) is 19.1 Å². The van der Waals surface area contributed by atoms with E-state index in [0.717, 1.165) is 37.2 Å². The van der Waals surface area contributed by atoms with Crippen LogP contribution in [-0.2, 0) is 10.2 Å². The summed E-state index contributed by atoms with van der Waals surface area (Å²) < 4.78 is 16.2. The minimum absolute atomic E-state index is 0.190. The van der Waals surface area contributed by atoms with Crippen molar-refractivity contribution in [3.05, 3.63) is 30.2 Å². The van der Waals surface area contributed by atoms with Gasteiger partial charge in [0.2, 0.25) is 11.7 Å². The average molecular weight is 303 g/mol. The van der Waals surface area contributed by atoms with E-state index in [4.69, 9.17) is 14.0 Å². The second-order valence-corrected chi connectivity index (χ2v) is 5.62. The molecule has 1 aliphatic rings. The molecule has 0 unspecified atom stereocenters. The first kappa shape index (κ1) is 15.0. The summed E-state index contributed by atoms with van der Waals surface area (Å²) in [5.74, 6) is 2.02. The molecule has 0 spiro atoms. The molecule has 3 rings (SSSR count). The SMILES string of the molecule is COCC1(c2nc(-c3cccc(OC)c3)no2)CCNCC1. The molecule has 0 radical (unpaired) electrons. The molecule has 118 valence electrons. The largest absolute Gasteiger partial charge is 0.497 e. The molecular formula is C16H21N3O3. The minimum atomic E-state index is -0.190. The van der Waals surface area contributed by atoms with Crippen LogP contribution in [0.25, 0.3) is 11.4 Å². The summed E-state index contributed by atoms with van der Waals surface area (Å²) in [5, 5.41) is 7.51. The second kappa shape index (κ2) is 6.46. The van der Waals surface area contributed by atoms with Crippen LogP contribution in [0, 0.1) is 0 Å². The van der Waals surface area contributed by atoms with Crippen molar-refractivity contribution in [1.29, 1.82) is 0 Å². The number of benzene rings is 1. The summed E-state index contributed by atoms with van der Waals surface area (Å²) in [6.45, 7) is 2.45. The summed E-state index contributed by atoms with van der Waals surface area (Å²) >= 11 is 0. The highest BCUT2D eigenvalue weighted by atomic mass is 16.5. The predicted molar refractivity (Wildman–Crippen MR) is 81.9 cm³/mol. The molecule has 0 aliphatic carbocycles. The summed E-state index contributed by atoms with van der Waals surface area (Å²) in [7, 11) is 3.35. The van der Waals surface area contributed by atoms with Gasteiger partial charge in [-0.15, -0.1) is 0 Å². The zero-order chi connectivity index (χ0) is 15.4. The van der Waals surface area contributed by atoms with Gasteiger partial charge < -0.3 is 19.3 Å². The first-order valence-corrected chi connectivity index (χ1v) is 7.46. The van der Waals surface area contributed by atoms with Crippen molar-refractivity contribution in [2.45, 2.75) is 18.3 Å². The molecule has 22 heavy (non-hydrogen) atoms. The van der Waals surface area contributed by atoms with Crippen LogP contribution < -0.4 is 10.1 Å². The van der Waals surface area contributed by atoms with E-state index in [2.05, 4.69) is 15.5 Å². The molecule has 0 atom stereocenters. The van der Waals surface area contributed by atoms with Crippen LogP contribution in [-0.4, -0.2) is 44.1 Å². The predicted octanol–water partition coefficient (Wildman–Crippen LogP) is 2.01. The molecule has 1 aromatic heterocycles. The molecule has 6 nitrogen and oxygen atoms in total. The summed E-state index contributed by atoms with van der Waals surface area (Å²) in [5.41, 5.74) is 0.695. The summed E-state index contributed by atoms with van der Waals surface area (Å²) in [6, 6.07) is 7.66. The molecule has 1 N–H and O–H groups in total. The van der Waals surface area contributed by atoms with E-state index < -0.39 is 0 Å². The molecule has 1 aliphatic heterocycles. The Balaban J connectivity index is 1.91. The number of piperidine rings is 1. The molecule has 6 heteroatoms. The molecular weight excluding hydrogens is 282 g/mol. The van der Waals surface area contributed by atoms with Crippen LogP contribution >= 0.6 is 0 Å². The lowest BCUT2D eigenvalue weighted by Crippen LogP contribution is -2.43. The van der Waals surface area contributed by atoms with E-state index >= 15 is 0 Å². The van der Waals surface area contributed by atoms with Gasteiger partial charge in [-0.2, -0.15) is 4.98 Å². The number of hydrogen-bond acceptors (Lipinski definition) is 6. The smallest absolute Gasteiger partial charge is 0.235 e. The second-order valence-electron chi connectivity index (χ2n) is 5.62. The van der Waals surface area contributed by atoms with Crippen LogP contribution in [0.2, 0.25) is 0 Å². The van der Waals surface area contributed by atoms with Gasteiger partial charge in [-0.1, -0.05) is 17.3 Å². The number of ether oxygens (including phenoxy) is 2. The Morgan fingerprint density at radius 3 is 2.82 bits per heavy atom. The topological polar surface area (TPSA) is 69.4 Å².